The molecule has 0 aliphatic carbocycles. The molecule has 0 radical (unpaired) electrons. The zero-order valence-corrected chi connectivity index (χ0v) is 19.1. The van der Waals surface area contributed by atoms with Gasteiger partial charge >= 0.3 is 11.6 Å². The zero-order valence-electron chi connectivity index (χ0n) is 19.1. The first-order valence-corrected chi connectivity index (χ1v) is 10.8. The predicted molar refractivity (Wildman–Crippen MR) is 131 cm³/mol. The molecule has 0 aliphatic rings. The maximum atomic E-state index is 13.2. The molecule has 4 rings (SSSR count). The number of carbonyl (C=O) groups excluding carboxylic acids is 1. The van der Waals surface area contributed by atoms with Gasteiger partial charge in [-0.2, -0.15) is 4.98 Å². The normalized spacial score (nSPS) is 10.6. The first-order valence-electron chi connectivity index (χ1n) is 10.8. The average molecular weight is 470 g/mol. The van der Waals surface area contributed by atoms with Crippen LogP contribution in [0.1, 0.15) is 28.2 Å². The lowest BCUT2D eigenvalue weighted by molar-refractivity contribution is -0.385. The van der Waals surface area contributed by atoms with Crippen molar-refractivity contribution in [3.05, 3.63) is 118 Å². The second-order valence-corrected chi connectivity index (χ2v) is 7.93. The minimum atomic E-state index is -0.654. The molecule has 2 N–H and O–H groups in total. The van der Waals surface area contributed by atoms with E-state index in [2.05, 4.69) is 20.8 Å². The number of nitrogens with one attached hydrogen (secondary N) is 2. The summed E-state index contributed by atoms with van der Waals surface area (Å²) in [4.78, 5) is 32.4. The summed E-state index contributed by atoms with van der Waals surface area (Å²) in [5, 5.41) is 11.9. The molecular formula is C26H23N5O4. The summed E-state index contributed by atoms with van der Waals surface area (Å²) in [5.74, 6) is -1.08. The Labute approximate surface area is 201 Å². The van der Waals surface area contributed by atoms with Gasteiger partial charge in [0, 0.05) is 0 Å². The number of carbonyl (C=O) groups is 1. The predicted octanol–water partition coefficient (Wildman–Crippen LogP) is 5.07. The van der Waals surface area contributed by atoms with Crippen molar-refractivity contribution >= 4 is 17.4 Å². The van der Waals surface area contributed by atoms with Gasteiger partial charge in [-0.1, -0.05) is 66.7 Å². The Kier molecular flexibility index (Phi) is 6.96. The molecule has 9 heteroatoms. The lowest BCUT2D eigenvalue weighted by Crippen LogP contribution is -2.35. The third kappa shape index (κ3) is 5.59. The van der Waals surface area contributed by atoms with Gasteiger partial charge in [0.05, 0.1) is 10.8 Å². The van der Waals surface area contributed by atoms with Crippen LogP contribution in [-0.2, 0) is 4.79 Å². The number of rotatable bonds is 8. The van der Waals surface area contributed by atoms with Crippen LogP contribution in [0.2, 0.25) is 0 Å². The molecule has 9 nitrogen and oxygen atoms in total. The molecule has 176 valence electrons. The molecule has 4 aromatic rings. The fourth-order valence-corrected chi connectivity index (χ4v) is 3.78. The van der Waals surface area contributed by atoms with Gasteiger partial charge in [-0.05, 0) is 48.2 Å². The van der Waals surface area contributed by atoms with Crippen molar-refractivity contribution in [2.45, 2.75) is 19.8 Å². The van der Waals surface area contributed by atoms with E-state index in [4.69, 9.17) is 4.74 Å². The van der Waals surface area contributed by atoms with Crippen LogP contribution in [0.4, 0.5) is 11.5 Å². The third-order valence-corrected chi connectivity index (χ3v) is 5.21. The van der Waals surface area contributed by atoms with E-state index in [1.807, 2.05) is 80.6 Å². The largest absolute Gasteiger partial charge is 0.434 e. The van der Waals surface area contributed by atoms with E-state index in [9.17, 15) is 14.9 Å². The number of amides is 1. The molecule has 1 amide bonds. The van der Waals surface area contributed by atoms with Gasteiger partial charge in [0.25, 0.3) is 0 Å². The molecule has 0 spiro atoms. The Morgan fingerprint density at radius 1 is 0.914 bits per heavy atom. The van der Waals surface area contributed by atoms with Gasteiger partial charge in [-0.25, -0.2) is 4.98 Å². The van der Waals surface area contributed by atoms with E-state index < -0.39 is 22.4 Å². The van der Waals surface area contributed by atoms with Crippen molar-refractivity contribution in [1.82, 2.24) is 15.4 Å². The number of aryl methyl sites for hydroxylation is 2. The van der Waals surface area contributed by atoms with Crippen LogP contribution in [0.15, 0.2) is 85.2 Å². The van der Waals surface area contributed by atoms with Crippen molar-refractivity contribution in [3.63, 3.8) is 0 Å². The Morgan fingerprint density at radius 2 is 1.49 bits per heavy atom. The number of ether oxygens (including phenoxy) is 1. The molecule has 0 aliphatic heterocycles. The van der Waals surface area contributed by atoms with Gasteiger partial charge in [-0.3, -0.25) is 25.8 Å². The maximum Gasteiger partial charge on any atom is 0.374 e. The third-order valence-electron chi connectivity index (χ3n) is 5.21. The lowest BCUT2D eigenvalue weighted by atomic mass is 9.91. The monoisotopic (exact) mass is 469 g/mol. The Hall–Kier alpha value is -4.79. The lowest BCUT2D eigenvalue weighted by Gasteiger charge is -2.18. The first-order chi connectivity index (χ1) is 16.9. The van der Waals surface area contributed by atoms with Crippen molar-refractivity contribution < 1.29 is 14.5 Å². The van der Waals surface area contributed by atoms with Crippen molar-refractivity contribution in [3.8, 4) is 11.6 Å². The van der Waals surface area contributed by atoms with Crippen LogP contribution in [-0.4, -0.2) is 20.8 Å². The summed E-state index contributed by atoms with van der Waals surface area (Å²) in [6.45, 7) is 3.79. The molecular weight excluding hydrogens is 446 g/mol. The quantitative estimate of drug-likeness (QED) is 0.273. The number of aromatic nitrogens is 2. The van der Waals surface area contributed by atoms with Crippen LogP contribution >= 0.6 is 0 Å². The van der Waals surface area contributed by atoms with E-state index in [1.54, 1.807) is 12.1 Å². The van der Waals surface area contributed by atoms with Crippen molar-refractivity contribution in [2.24, 2.45) is 0 Å². The van der Waals surface area contributed by atoms with Crippen LogP contribution in [0.25, 0.3) is 0 Å². The number of hydrazine groups is 1. The van der Waals surface area contributed by atoms with Crippen LogP contribution < -0.4 is 15.6 Å². The van der Waals surface area contributed by atoms with Gasteiger partial charge in [-0.15, -0.1) is 0 Å². The molecule has 35 heavy (non-hydrogen) atoms. The number of benzene rings is 3. The number of hydrogen-bond acceptors (Lipinski definition) is 7. The van der Waals surface area contributed by atoms with Crippen LogP contribution in [0.5, 0.6) is 11.6 Å². The highest BCUT2D eigenvalue weighted by Gasteiger charge is 2.27. The maximum absolute atomic E-state index is 13.2. The molecule has 0 bridgehead atoms. The van der Waals surface area contributed by atoms with Crippen molar-refractivity contribution in [1.29, 1.82) is 0 Å². The van der Waals surface area contributed by atoms with Gasteiger partial charge in [0.2, 0.25) is 11.7 Å². The SMILES string of the molecule is Cc1cc(C)cc(Oc2ncnc(NNC(=O)C(c3ccccc3)c3ccccc3)c2[N+](=O)[O-])c1. The van der Waals surface area contributed by atoms with E-state index in [1.165, 1.54) is 0 Å². The highest BCUT2D eigenvalue weighted by Crippen LogP contribution is 2.34. The molecule has 1 aromatic heterocycles. The van der Waals surface area contributed by atoms with Gasteiger partial charge < -0.3 is 4.74 Å². The van der Waals surface area contributed by atoms with Gasteiger partial charge in [0.1, 0.15) is 12.1 Å². The molecule has 0 unspecified atom stereocenters. The Balaban J connectivity index is 1.60. The molecule has 0 saturated heterocycles. The van der Waals surface area contributed by atoms with Gasteiger partial charge in [0.15, 0.2) is 0 Å². The number of hydrogen-bond donors (Lipinski definition) is 2. The molecule has 0 atom stereocenters. The second kappa shape index (κ2) is 10.4. The fraction of sp³-hybridized carbons (Fsp3) is 0.115. The number of nitrogens with zero attached hydrogens (tertiary/aromatic N) is 3. The smallest absolute Gasteiger partial charge is 0.374 e. The number of anilines is 1. The second-order valence-electron chi connectivity index (χ2n) is 7.93. The van der Waals surface area contributed by atoms with Crippen LogP contribution in [0.3, 0.4) is 0 Å². The van der Waals surface area contributed by atoms with Crippen LogP contribution in [0, 0.1) is 24.0 Å². The minimum absolute atomic E-state index is 0.197. The highest BCUT2D eigenvalue weighted by atomic mass is 16.6. The number of nitro groups is 1. The summed E-state index contributed by atoms with van der Waals surface area (Å²) < 4.78 is 5.72. The standard InChI is InChI=1S/C26H23N5O4/c1-17-13-18(2)15-21(14-17)35-26-23(31(33)34)24(27-16-28-26)29-30-25(32)22(19-9-5-3-6-10-19)20-11-7-4-8-12-20/h3-16,22H,1-2H3,(H,30,32)(H,27,28,29). The van der Waals surface area contributed by atoms with E-state index in [0.29, 0.717) is 5.75 Å². The van der Waals surface area contributed by atoms with Crippen molar-refractivity contribution in [2.75, 3.05) is 5.43 Å². The molecule has 0 fully saturated rings. The molecule has 1 heterocycles. The highest BCUT2D eigenvalue weighted by molar-refractivity contribution is 5.88. The summed E-state index contributed by atoms with van der Waals surface area (Å²) in [6, 6.07) is 24.0. The van der Waals surface area contributed by atoms with E-state index in [-0.39, 0.29) is 11.7 Å². The van der Waals surface area contributed by atoms with E-state index >= 15 is 0 Å². The zero-order chi connectivity index (χ0) is 24.8. The summed E-state index contributed by atoms with van der Waals surface area (Å²) in [7, 11) is 0. The Bertz CT molecular complexity index is 1290. The molecule has 0 saturated carbocycles. The summed E-state index contributed by atoms with van der Waals surface area (Å²) in [6.07, 6.45) is 1.13. The summed E-state index contributed by atoms with van der Waals surface area (Å²) in [5.41, 5.74) is 8.08. The fourth-order valence-electron chi connectivity index (χ4n) is 3.78. The topological polar surface area (TPSA) is 119 Å². The van der Waals surface area contributed by atoms with E-state index in [0.717, 1.165) is 28.6 Å². The molecule has 3 aromatic carbocycles. The summed E-state index contributed by atoms with van der Waals surface area (Å²) >= 11 is 0. The first kappa shape index (κ1) is 23.4. The Morgan fingerprint density at radius 3 is 2.03 bits per heavy atom. The minimum Gasteiger partial charge on any atom is -0.434 e. The average Bonchev–Trinajstić information content (AvgIpc) is 2.83.